The van der Waals surface area contributed by atoms with E-state index in [1.54, 1.807) is 16.6 Å². The second-order valence-electron chi connectivity index (χ2n) is 8.02. The molecule has 0 saturated carbocycles. The van der Waals surface area contributed by atoms with E-state index in [0.29, 0.717) is 19.7 Å². The number of nitrogens with zero attached hydrogens (tertiary/aromatic N) is 5. The molecule has 1 fully saturated rings. The lowest BCUT2D eigenvalue weighted by molar-refractivity contribution is -0.122. The number of nitrogens with one attached hydrogen (secondary N) is 1. The van der Waals surface area contributed by atoms with Gasteiger partial charge in [-0.15, -0.1) is 5.10 Å². The summed E-state index contributed by atoms with van der Waals surface area (Å²) in [5.41, 5.74) is 1.63. The summed E-state index contributed by atoms with van der Waals surface area (Å²) in [5, 5.41) is 8.50. The van der Waals surface area contributed by atoms with Crippen molar-refractivity contribution in [3.8, 4) is 17.0 Å². The Morgan fingerprint density at radius 2 is 1.82 bits per heavy atom. The monoisotopic (exact) mass is 480 g/mol. The number of piperazine rings is 1. The van der Waals surface area contributed by atoms with E-state index < -0.39 is 0 Å². The first kappa shape index (κ1) is 22.3. The lowest BCUT2D eigenvalue weighted by atomic mass is 10.2. The molecule has 0 unspecified atom stereocenters. The number of aromatic nitrogens is 3. The first-order valence-electron chi connectivity index (χ1n) is 11.2. The Hall–Kier alpha value is -3.50. The Balaban J connectivity index is 1.07. The second-order valence-corrected chi connectivity index (χ2v) is 8.95. The summed E-state index contributed by atoms with van der Waals surface area (Å²) in [6.07, 6.45) is 1.87. The van der Waals surface area contributed by atoms with Gasteiger partial charge in [0.15, 0.2) is 0 Å². The average molecular weight is 481 g/mol. The fraction of sp³-hybridized carbons (Fsp3) is 0.292. The second kappa shape index (κ2) is 10.2. The number of imidazole rings is 1. The van der Waals surface area contributed by atoms with Crippen LogP contribution in [-0.2, 0) is 4.79 Å². The summed E-state index contributed by atoms with van der Waals surface area (Å²) in [6.45, 7) is 4.47. The van der Waals surface area contributed by atoms with Crippen LogP contribution < -0.4 is 15.0 Å². The van der Waals surface area contributed by atoms with Gasteiger partial charge in [0, 0.05) is 31.7 Å². The first-order valence-corrected chi connectivity index (χ1v) is 12.0. The lowest BCUT2D eigenvalue weighted by Gasteiger charge is -2.33. The molecule has 34 heavy (non-hydrogen) atoms. The summed E-state index contributed by atoms with van der Waals surface area (Å²) < 4.78 is 20.5. The number of halogens is 1. The minimum absolute atomic E-state index is 0.00570. The van der Waals surface area contributed by atoms with Crippen LogP contribution in [0.5, 0.6) is 5.75 Å². The molecule has 1 saturated heterocycles. The number of ether oxygens (including phenoxy) is 1. The highest BCUT2D eigenvalue weighted by Gasteiger charge is 2.22. The van der Waals surface area contributed by atoms with Crippen molar-refractivity contribution in [3.63, 3.8) is 0 Å². The highest BCUT2D eigenvalue weighted by molar-refractivity contribution is 7.20. The first-order chi connectivity index (χ1) is 16.6. The molecule has 1 aliphatic rings. The quantitative estimate of drug-likeness (QED) is 0.391. The zero-order chi connectivity index (χ0) is 23.3. The van der Waals surface area contributed by atoms with Crippen LogP contribution in [0.1, 0.15) is 0 Å². The Kier molecular flexibility index (Phi) is 6.68. The zero-order valence-electron chi connectivity index (χ0n) is 18.6. The minimum atomic E-state index is -0.265. The zero-order valence-corrected chi connectivity index (χ0v) is 19.4. The molecule has 8 nitrogen and oxygen atoms in total. The standard InChI is InChI=1S/C24H25FN6O2S/c25-19-8-6-18(7-9-19)21-16-31-23(27-21)34-24(28-31)30-13-11-29(12-14-30)17-22(32)26-10-15-33-20-4-2-1-3-5-20/h1-9,16H,10-15,17H2,(H,26,32). The number of hydrogen-bond acceptors (Lipinski definition) is 7. The van der Waals surface area contributed by atoms with Gasteiger partial charge >= 0.3 is 0 Å². The molecule has 0 spiro atoms. The third kappa shape index (κ3) is 5.35. The van der Waals surface area contributed by atoms with Crippen LogP contribution in [0.2, 0.25) is 0 Å². The van der Waals surface area contributed by atoms with E-state index in [1.807, 2.05) is 36.5 Å². The summed E-state index contributed by atoms with van der Waals surface area (Å²) in [5.74, 6) is 0.541. The molecule has 4 aromatic rings. The Morgan fingerprint density at radius 3 is 2.56 bits per heavy atom. The Bertz CT molecular complexity index is 1200. The van der Waals surface area contributed by atoms with Crippen LogP contribution in [0, 0.1) is 5.82 Å². The van der Waals surface area contributed by atoms with Gasteiger partial charge in [-0.1, -0.05) is 29.5 Å². The fourth-order valence-electron chi connectivity index (χ4n) is 3.81. The van der Waals surface area contributed by atoms with Gasteiger partial charge in [0.25, 0.3) is 0 Å². The number of amides is 1. The molecule has 3 heterocycles. The van der Waals surface area contributed by atoms with E-state index in [0.717, 1.165) is 53.3 Å². The molecule has 0 atom stereocenters. The SMILES string of the molecule is O=C(CN1CCN(c2nn3cc(-c4ccc(F)cc4)nc3s2)CC1)NCCOc1ccccc1. The molecule has 0 bridgehead atoms. The van der Waals surface area contributed by atoms with E-state index in [4.69, 9.17) is 4.74 Å². The van der Waals surface area contributed by atoms with Crippen molar-refractivity contribution in [3.05, 3.63) is 66.6 Å². The van der Waals surface area contributed by atoms with E-state index in [9.17, 15) is 9.18 Å². The van der Waals surface area contributed by atoms with Crippen LogP contribution >= 0.6 is 11.3 Å². The van der Waals surface area contributed by atoms with Crippen molar-refractivity contribution in [1.29, 1.82) is 0 Å². The van der Waals surface area contributed by atoms with Gasteiger partial charge in [-0.3, -0.25) is 9.69 Å². The van der Waals surface area contributed by atoms with E-state index in [1.165, 1.54) is 23.5 Å². The number of benzene rings is 2. The van der Waals surface area contributed by atoms with Gasteiger partial charge in [-0.25, -0.2) is 13.9 Å². The Morgan fingerprint density at radius 1 is 1.06 bits per heavy atom. The number of hydrogen-bond donors (Lipinski definition) is 1. The molecule has 2 aromatic carbocycles. The molecule has 1 aliphatic heterocycles. The maximum absolute atomic E-state index is 13.2. The summed E-state index contributed by atoms with van der Waals surface area (Å²) in [7, 11) is 0. The number of anilines is 1. The molecular formula is C24H25FN6O2S. The van der Waals surface area contributed by atoms with Crippen LogP contribution in [0.4, 0.5) is 9.52 Å². The smallest absolute Gasteiger partial charge is 0.234 e. The predicted molar refractivity (Wildman–Crippen MR) is 130 cm³/mol. The summed E-state index contributed by atoms with van der Waals surface area (Å²) >= 11 is 1.53. The van der Waals surface area contributed by atoms with Crippen molar-refractivity contribution in [2.24, 2.45) is 0 Å². The normalized spacial score (nSPS) is 14.4. The molecule has 10 heteroatoms. The van der Waals surface area contributed by atoms with Crippen molar-refractivity contribution >= 4 is 27.3 Å². The maximum Gasteiger partial charge on any atom is 0.234 e. The highest BCUT2D eigenvalue weighted by atomic mass is 32.1. The number of rotatable bonds is 8. The Labute approximate surface area is 200 Å². The van der Waals surface area contributed by atoms with E-state index in [-0.39, 0.29) is 11.7 Å². The van der Waals surface area contributed by atoms with Gasteiger partial charge in [0.1, 0.15) is 18.2 Å². The van der Waals surface area contributed by atoms with Gasteiger partial charge in [0.05, 0.1) is 25.0 Å². The average Bonchev–Trinajstić information content (AvgIpc) is 3.43. The van der Waals surface area contributed by atoms with Crippen molar-refractivity contribution in [1.82, 2.24) is 24.8 Å². The van der Waals surface area contributed by atoms with Gasteiger partial charge in [0.2, 0.25) is 16.0 Å². The largest absolute Gasteiger partial charge is 0.492 e. The molecule has 176 valence electrons. The molecule has 0 aliphatic carbocycles. The number of fused-ring (bicyclic) bond motifs is 1. The van der Waals surface area contributed by atoms with Crippen molar-refractivity contribution in [2.75, 3.05) is 50.8 Å². The van der Waals surface area contributed by atoms with Gasteiger partial charge < -0.3 is 15.0 Å². The van der Waals surface area contributed by atoms with Gasteiger partial charge in [-0.2, -0.15) is 0 Å². The number of carbonyl (C=O) groups is 1. The molecule has 0 radical (unpaired) electrons. The van der Waals surface area contributed by atoms with Crippen molar-refractivity contribution < 1.29 is 13.9 Å². The number of para-hydroxylation sites is 1. The number of carbonyl (C=O) groups excluding carboxylic acids is 1. The maximum atomic E-state index is 13.2. The lowest BCUT2D eigenvalue weighted by Crippen LogP contribution is -2.49. The third-order valence-corrected chi connectivity index (χ3v) is 6.60. The molecule has 1 N–H and O–H groups in total. The fourth-order valence-corrected chi connectivity index (χ4v) is 4.74. The van der Waals surface area contributed by atoms with Crippen LogP contribution in [0.25, 0.3) is 16.2 Å². The van der Waals surface area contributed by atoms with E-state index >= 15 is 0 Å². The van der Waals surface area contributed by atoms with Crippen LogP contribution in [-0.4, -0.2) is 71.3 Å². The highest BCUT2D eigenvalue weighted by Crippen LogP contribution is 2.27. The van der Waals surface area contributed by atoms with E-state index in [2.05, 4.69) is 25.2 Å². The molecule has 2 aromatic heterocycles. The van der Waals surface area contributed by atoms with Crippen molar-refractivity contribution in [2.45, 2.75) is 0 Å². The van der Waals surface area contributed by atoms with Gasteiger partial charge in [-0.05, 0) is 36.4 Å². The molecule has 1 amide bonds. The summed E-state index contributed by atoms with van der Waals surface area (Å²) in [6, 6.07) is 15.9. The summed E-state index contributed by atoms with van der Waals surface area (Å²) in [4.78, 5) is 22.1. The topological polar surface area (TPSA) is 75.0 Å². The molecular weight excluding hydrogens is 455 g/mol. The molecule has 5 rings (SSSR count). The minimum Gasteiger partial charge on any atom is -0.492 e. The predicted octanol–water partition coefficient (Wildman–Crippen LogP) is 2.91. The third-order valence-electron chi connectivity index (χ3n) is 5.62. The van der Waals surface area contributed by atoms with Crippen LogP contribution in [0.15, 0.2) is 60.8 Å². The van der Waals surface area contributed by atoms with Crippen LogP contribution in [0.3, 0.4) is 0 Å².